The van der Waals surface area contributed by atoms with Crippen molar-refractivity contribution in [2.45, 2.75) is 31.2 Å². The quantitative estimate of drug-likeness (QED) is 0.787. The average Bonchev–Trinajstić information content (AvgIpc) is 2.16. The average molecular weight is 389 g/mol. The van der Waals surface area contributed by atoms with Gasteiger partial charge < -0.3 is 5.32 Å². The Labute approximate surface area is 130 Å². The van der Waals surface area contributed by atoms with Crippen LogP contribution in [-0.4, -0.2) is 19.9 Å². The number of carbonyl (C=O) groups excluding carboxylic acids is 1. The normalized spacial score (nSPS) is 12.3. The summed E-state index contributed by atoms with van der Waals surface area (Å²) < 4.78 is 23.2. The second-order valence-corrected chi connectivity index (χ2v) is 8.74. The van der Waals surface area contributed by atoms with Crippen LogP contribution in [0.15, 0.2) is 21.5 Å². The van der Waals surface area contributed by atoms with Crippen molar-refractivity contribution in [2.75, 3.05) is 0 Å². The maximum Gasteiger partial charge on any atom is 0.262 e. The van der Waals surface area contributed by atoms with Crippen molar-refractivity contribution in [3.8, 4) is 0 Å². The minimum atomic E-state index is -4.03. The van der Waals surface area contributed by atoms with Crippen LogP contribution in [0.5, 0.6) is 0 Å². The number of amides is 1. The fraction of sp³-hybridized carbons (Fsp3) is 0.364. The highest BCUT2D eigenvalue weighted by Crippen LogP contribution is 2.31. The van der Waals surface area contributed by atoms with E-state index in [9.17, 15) is 13.2 Å². The van der Waals surface area contributed by atoms with Gasteiger partial charge in [-0.25, -0.2) is 8.42 Å². The van der Waals surface area contributed by atoms with Crippen LogP contribution in [0.2, 0.25) is 5.02 Å². The van der Waals surface area contributed by atoms with E-state index in [0.717, 1.165) is 0 Å². The zero-order chi connectivity index (χ0) is 15.0. The van der Waals surface area contributed by atoms with Crippen molar-refractivity contribution in [3.63, 3.8) is 0 Å². The summed E-state index contributed by atoms with van der Waals surface area (Å²) in [7, 11) is 1.26. The molecule has 0 fully saturated rings. The molecule has 4 nitrogen and oxygen atoms in total. The van der Waals surface area contributed by atoms with Gasteiger partial charge in [0.25, 0.3) is 15.0 Å². The highest BCUT2D eigenvalue weighted by Gasteiger charge is 2.24. The number of hydrogen-bond acceptors (Lipinski definition) is 3. The number of carbonyl (C=O) groups is 1. The molecule has 0 aromatic heterocycles. The molecule has 0 radical (unpaired) electrons. The van der Waals surface area contributed by atoms with E-state index in [4.69, 9.17) is 22.3 Å². The van der Waals surface area contributed by atoms with Crippen LogP contribution in [0.1, 0.15) is 31.1 Å². The summed E-state index contributed by atoms with van der Waals surface area (Å²) in [4.78, 5) is 11.8. The lowest BCUT2D eigenvalue weighted by Crippen LogP contribution is -2.40. The largest absolute Gasteiger partial charge is 0.347 e. The maximum absolute atomic E-state index is 12.1. The van der Waals surface area contributed by atoms with E-state index in [1.54, 1.807) is 20.8 Å². The highest BCUT2D eigenvalue weighted by atomic mass is 79.9. The van der Waals surface area contributed by atoms with E-state index in [2.05, 4.69) is 21.2 Å². The third kappa shape index (κ3) is 4.63. The summed E-state index contributed by atoms with van der Waals surface area (Å²) in [5.41, 5.74) is -0.423. The first-order valence-corrected chi connectivity index (χ1v) is 8.66. The van der Waals surface area contributed by atoms with Crippen LogP contribution in [0.3, 0.4) is 0 Å². The molecule has 0 spiro atoms. The Hall–Kier alpha value is -0.300. The van der Waals surface area contributed by atoms with Crippen molar-refractivity contribution in [1.29, 1.82) is 0 Å². The summed E-state index contributed by atoms with van der Waals surface area (Å²) in [6, 6.07) is 2.69. The fourth-order valence-electron chi connectivity index (χ4n) is 1.31. The molecular weight excluding hydrogens is 377 g/mol. The summed E-state index contributed by atoms with van der Waals surface area (Å²) in [5, 5.41) is 2.51. The van der Waals surface area contributed by atoms with Crippen molar-refractivity contribution in [3.05, 3.63) is 27.2 Å². The number of rotatable bonds is 2. The molecule has 1 aromatic carbocycles. The summed E-state index contributed by atoms with van der Waals surface area (Å²) >= 11 is 9.07. The third-order valence-corrected chi connectivity index (χ3v) is 4.32. The van der Waals surface area contributed by atoms with Gasteiger partial charge in [0.1, 0.15) is 4.90 Å². The predicted molar refractivity (Wildman–Crippen MR) is 79.4 cm³/mol. The van der Waals surface area contributed by atoms with Crippen molar-refractivity contribution in [1.82, 2.24) is 5.32 Å². The monoisotopic (exact) mass is 387 g/mol. The maximum atomic E-state index is 12.1. The Balaban J connectivity index is 3.38. The van der Waals surface area contributed by atoms with E-state index in [0.29, 0.717) is 4.47 Å². The van der Waals surface area contributed by atoms with E-state index in [1.165, 1.54) is 12.1 Å². The Morgan fingerprint density at radius 2 is 1.84 bits per heavy atom. The van der Waals surface area contributed by atoms with Crippen molar-refractivity contribution in [2.24, 2.45) is 0 Å². The molecule has 0 aliphatic carbocycles. The number of halogens is 3. The van der Waals surface area contributed by atoms with E-state index < -0.39 is 20.5 Å². The SMILES string of the molecule is CC(C)(C)NC(=O)c1cc(Br)cc(S(=O)(=O)Cl)c1Cl. The zero-order valence-corrected chi connectivity index (χ0v) is 14.3. The van der Waals surface area contributed by atoms with E-state index in [-0.39, 0.29) is 15.5 Å². The topological polar surface area (TPSA) is 63.2 Å². The first-order valence-electron chi connectivity index (χ1n) is 5.18. The first kappa shape index (κ1) is 16.8. The zero-order valence-electron chi connectivity index (χ0n) is 10.4. The molecule has 8 heteroatoms. The first-order chi connectivity index (χ1) is 8.42. The van der Waals surface area contributed by atoms with Gasteiger partial charge in [0.15, 0.2) is 0 Å². The minimum Gasteiger partial charge on any atom is -0.347 e. The van der Waals surface area contributed by atoms with Crippen molar-refractivity contribution >= 4 is 53.2 Å². The van der Waals surface area contributed by atoms with Gasteiger partial charge in [-0.1, -0.05) is 27.5 Å². The van der Waals surface area contributed by atoms with Gasteiger partial charge in [-0.05, 0) is 32.9 Å². The Morgan fingerprint density at radius 3 is 2.26 bits per heavy atom. The highest BCUT2D eigenvalue weighted by molar-refractivity contribution is 9.10. The summed E-state index contributed by atoms with van der Waals surface area (Å²) in [6.07, 6.45) is 0. The van der Waals surface area contributed by atoms with Crippen LogP contribution in [-0.2, 0) is 9.05 Å². The molecule has 0 bridgehead atoms. The smallest absolute Gasteiger partial charge is 0.262 e. The van der Waals surface area contributed by atoms with Crippen LogP contribution >= 0.6 is 38.2 Å². The molecule has 0 heterocycles. The van der Waals surface area contributed by atoms with Gasteiger partial charge in [-0.15, -0.1) is 0 Å². The van der Waals surface area contributed by atoms with Crippen LogP contribution in [0.4, 0.5) is 0 Å². The Bertz CT molecular complexity index is 624. The summed E-state index contributed by atoms with van der Waals surface area (Å²) in [6.45, 7) is 5.40. The Morgan fingerprint density at radius 1 is 1.32 bits per heavy atom. The second-order valence-electron chi connectivity index (χ2n) is 4.91. The van der Waals surface area contributed by atoms with Crippen LogP contribution in [0, 0.1) is 0 Å². The van der Waals surface area contributed by atoms with Gasteiger partial charge in [0.2, 0.25) is 0 Å². The third-order valence-electron chi connectivity index (χ3n) is 2.00. The fourth-order valence-corrected chi connectivity index (χ4v) is 3.50. The van der Waals surface area contributed by atoms with Gasteiger partial charge in [-0.3, -0.25) is 4.79 Å². The predicted octanol–water partition coefficient (Wildman–Crippen LogP) is 3.56. The molecular formula is C11H12BrCl2NO3S. The lowest BCUT2D eigenvalue weighted by Gasteiger charge is -2.21. The van der Waals surface area contributed by atoms with E-state index >= 15 is 0 Å². The van der Waals surface area contributed by atoms with Gasteiger partial charge in [0.05, 0.1) is 10.6 Å². The molecule has 0 saturated carbocycles. The molecule has 0 saturated heterocycles. The molecule has 0 atom stereocenters. The lowest BCUT2D eigenvalue weighted by molar-refractivity contribution is 0.0919. The molecule has 19 heavy (non-hydrogen) atoms. The van der Waals surface area contributed by atoms with Crippen molar-refractivity contribution < 1.29 is 13.2 Å². The molecule has 1 aromatic rings. The molecule has 0 aliphatic heterocycles. The molecule has 0 aliphatic rings. The molecule has 0 unspecified atom stereocenters. The number of hydrogen-bond donors (Lipinski definition) is 1. The van der Waals surface area contributed by atoms with Gasteiger partial charge >= 0.3 is 0 Å². The lowest BCUT2D eigenvalue weighted by atomic mass is 10.1. The molecule has 1 N–H and O–H groups in total. The standard InChI is InChI=1S/C11H12BrCl2NO3S/c1-11(2,3)15-10(16)7-4-6(12)5-8(9(7)13)19(14,17)18/h4-5H,1-3H3,(H,15,16). The number of nitrogens with one attached hydrogen (secondary N) is 1. The molecule has 1 rings (SSSR count). The van der Waals surface area contributed by atoms with Crippen LogP contribution < -0.4 is 5.32 Å². The summed E-state index contributed by atoms with van der Waals surface area (Å²) in [5.74, 6) is -0.472. The van der Waals surface area contributed by atoms with Gasteiger partial charge in [-0.2, -0.15) is 0 Å². The van der Waals surface area contributed by atoms with Crippen LogP contribution in [0.25, 0.3) is 0 Å². The van der Waals surface area contributed by atoms with Gasteiger partial charge in [0, 0.05) is 20.7 Å². The minimum absolute atomic E-state index is 0.0465. The Kier molecular flexibility index (Phi) is 4.93. The molecule has 1 amide bonds. The molecule has 106 valence electrons. The second kappa shape index (κ2) is 5.60. The number of benzene rings is 1. The van der Waals surface area contributed by atoms with E-state index in [1.807, 2.05) is 0 Å².